The minimum absolute atomic E-state index is 0.213. The van der Waals surface area contributed by atoms with Crippen LogP contribution in [0.1, 0.15) is 43.7 Å². The number of amides is 3. The maximum absolute atomic E-state index is 13.6. The maximum atomic E-state index is 13.6. The van der Waals surface area contributed by atoms with Gasteiger partial charge >= 0.3 is 12.1 Å². The van der Waals surface area contributed by atoms with Gasteiger partial charge in [0.25, 0.3) is 0 Å². The van der Waals surface area contributed by atoms with Crippen molar-refractivity contribution in [3.8, 4) is 0 Å². The summed E-state index contributed by atoms with van der Waals surface area (Å²) in [5, 5.41) is 7.83. The van der Waals surface area contributed by atoms with Gasteiger partial charge in [0.1, 0.15) is 11.9 Å². The van der Waals surface area contributed by atoms with Crippen LogP contribution in [-0.4, -0.2) is 76.0 Å². The molecule has 0 aliphatic carbocycles. The first-order valence-corrected chi connectivity index (χ1v) is 13.9. The lowest BCUT2D eigenvalue weighted by Crippen LogP contribution is -2.64. The van der Waals surface area contributed by atoms with Crippen LogP contribution in [-0.2, 0) is 25.6 Å². The lowest BCUT2D eigenvalue weighted by atomic mass is 9.89. The number of carbonyl (C=O) groups is 4. The molecule has 9 nitrogen and oxygen atoms in total. The highest BCUT2D eigenvalue weighted by molar-refractivity contribution is 6.35. The van der Waals surface area contributed by atoms with Crippen LogP contribution in [0.2, 0.25) is 10.0 Å². The standard InChI is InChI=1S/C26H31Cl2FN4O3.C2HF3O2/c1-3-4-22-26(36)32(15(2)23(24(31)34)19-10-7-17(27)14-20(19)28)11-12-33(22)25(35)21(30)13-16-5-8-18(29)9-6-16;3-2(4,5)1(6)7/h5-10,14-15,21-23H,3-4,11-13,30H2,1-2H3,(H2,31,34);(H,6,7). The van der Waals surface area contributed by atoms with E-state index < -0.39 is 42.1 Å². The van der Waals surface area contributed by atoms with Crippen LogP contribution < -0.4 is 11.5 Å². The van der Waals surface area contributed by atoms with Gasteiger partial charge < -0.3 is 26.4 Å². The number of piperazine rings is 1. The summed E-state index contributed by atoms with van der Waals surface area (Å²) in [5.74, 6) is -5.21. The number of aliphatic carboxylic acids is 1. The Morgan fingerprint density at radius 2 is 1.67 bits per heavy atom. The molecule has 3 rings (SSSR count). The van der Waals surface area contributed by atoms with Gasteiger partial charge in [-0.25, -0.2) is 9.18 Å². The number of rotatable bonds is 9. The second kappa shape index (κ2) is 15.3. The van der Waals surface area contributed by atoms with Crippen LogP contribution in [0.25, 0.3) is 0 Å². The lowest BCUT2D eigenvalue weighted by molar-refractivity contribution is -0.192. The van der Waals surface area contributed by atoms with Crippen molar-refractivity contribution in [3.63, 3.8) is 0 Å². The molecule has 236 valence electrons. The van der Waals surface area contributed by atoms with Crippen LogP contribution in [0.3, 0.4) is 0 Å². The summed E-state index contributed by atoms with van der Waals surface area (Å²) < 4.78 is 45.0. The van der Waals surface area contributed by atoms with Gasteiger partial charge in [-0.1, -0.05) is 54.7 Å². The molecule has 1 aliphatic rings. The molecule has 4 atom stereocenters. The molecule has 0 saturated carbocycles. The van der Waals surface area contributed by atoms with Crippen LogP contribution >= 0.6 is 23.2 Å². The summed E-state index contributed by atoms with van der Waals surface area (Å²) in [5.41, 5.74) is 13.2. The van der Waals surface area contributed by atoms with Crippen molar-refractivity contribution in [2.45, 2.75) is 63.3 Å². The quantitative estimate of drug-likeness (QED) is 0.348. The molecular formula is C28H32Cl2F4N4O5. The van der Waals surface area contributed by atoms with Crippen LogP contribution in [0.5, 0.6) is 0 Å². The van der Waals surface area contributed by atoms with E-state index in [2.05, 4.69) is 0 Å². The number of alkyl halides is 3. The second-order valence-electron chi connectivity index (χ2n) is 9.89. The number of hydrogen-bond donors (Lipinski definition) is 3. The predicted octanol–water partition coefficient (Wildman–Crippen LogP) is 4.13. The molecule has 3 amide bonds. The van der Waals surface area contributed by atoms with E-state index >= 15 is 0 Å². The zero-order valence-corrected chi connectivity index (χ0v) is 24.8. The third-order valence-electron chi connectivity index (χ3n) is 6.88. The monoisotopic (exact) mass is 650 g/mol. The number of halogens is 6. The molecular weight excluding hydrogens is 619 g/mol. The van der Waals surface area contributed by atoms with E-state index in [0.29, 0.717) is 23.4 Å². The molecule has 5 N–H and O–H groups in total. The van der Waals surface area contributed by atoms with Crippen molar-refractivity contribution >= 4 is 46.9 Å². The maximum Gasteiger partial charge on any atom is 0.490 e. The molecule has 0 bridgehead atoms. The summed E-state index contributed by atoms with van der Waals surface area (Å²) >= 11 is 12.4. The molecule has 2 aromatic carbocycles. The molecule has 0 spiro atoms. The Bertz CT molecular complexity index is 1310. The molecule has 1 heterocycles. The molecule has 43 heavy (non-hydrogen) atoms. The van der Waals surface area contributed by atoms with Gasteiger partial charge in [0.05, 0.1) is 12.0 Å². The third kappa shape index (κ3) is 9.54. The van der Waals surface area contributed by atoms with Gasteiger partial charge in [0, 0.05) is 29.2 Å². The first kappa shape index (κ1) is 35.8. The fourth-order valence-corrected chi connectivity index (χ4v) is 5.31. The van der Waals surface area contributed by atoms with E-state index in [1.54, 1.807) is 36.1 Å². The highest BCUT2D eigenvalue weighted by Gasteiger charge is 2.43. The van der Waals surface area contributed by atoms with Crippen molar-refractivity contribution in [2.75, 3.05) is 13.1 Å². The fraction of sp³-hybridized carbons (Fsp3) is 0.429. The van der Waals surface area contributed by atoms with Crippen molar-refractivity contribution in [1.29, 1.82) is 0 Å². The Morgan fingerprint density at radius 1 is 1.09 bits per heavy atom. The van der Waals surface area contributed by atoms with E-state index in [9.17, 15) is 31.9 Å². The number of carboxylic acid groups (broad SMARTS) is 1. The Hall–Kier alpha value is -3.42. The molecule has 1 fully saturated rings. The molecule has 15 heteroatoms. The summed E-state index contributed by atoms with van der Waals surface area (Å²) in [6, 6.07) is 8.40. The Balaban J connectivity index is 0.000000821. The van der Waals surface area contributed by atoms with Gasteiger partial charge in [-0.05, 0) is 55.2 Å². The molecule has 1 saturated heterocycles. The normalized spacial score (nSPS) is 17.4. The molecule has 4 unspecified atom stereocenters. The fourth-order valence-electron chi connectivity index (χ4n) is 4.79. The van der Waals surface area contributed by atoms with Crippen LogP contribution in [0.15, 0.2) is 42.5 Å². The molecule has 1 aliphatic heterocycles. The average molecular weight is 651 g/mol. The first-order chi connectivity index (χ1) is 20.0. The van der Waals surface area contributed by atoms with Crippen molar-refractivity contribution in [3.05, 3.63) is 69.5 Å². The van der Waals surface area contributed by atoms with E-state index in [4.69, 9.17) is 44.6 Å². The highest BCUT2D eigenvalue weighted by atomic mass is 35.5. The van der Waals surface area contributed by atoms with Crippen LogP contribution in [0, 0.1) is 5.82 Å². The van der Waals surface area contributed by atoms with Gasteiger partial charge in [0.15, 0.2) is 0 Å². The highest BCUT2D eigenvalue weighted by Crippen LogP contribution is 2.33. The third-order valence-corrected chi connectivity index (χ3v) is 7.44. The van der Waals surface area contributed by atoms with E-state index in [1.165, 1.54) is 23.1 Å². The van der Waals surface area contributed by atoms with Crippen LogP contribution in [0.4, 0.5) is 17.6 Å². The van der Waals surface area contributed by atoms with Gasteiger partial charge in [-0.15, -0.1) is 0 Å². The second-order valence-corrected chi connectivity index (χ2v) is 10.7. The number of nitrogens with zero attached hydrogens (tertiary/aromatic N) is 2. The van der Waals surface area contributed by atoms with Crippen molar-refractivity contribution in [1.82, 2.24) is 9.80 Å². The largest absolute Gasteiger partial charge is 0.490 e. The summed E-state index contributed by atoms with van der Waals surface area (Å²) in [4.78, 5) is 51.4. The number of carbonyl (C=O) groups excluding carboxylic acids is 3. The van der Waals surface area contributed by atoms with Crippen molar-refractivity contribution in [2.24, 2.45) is 11.5 Å². The first-order valence-electron chi connectivity index (χ1n) is 13.1. The lowest BCUT2D eigenvalue weighted by Gasteiger charge is -2.45. The van der Waals surface area contributed by atoms with E-state index in [1.807, 2.05) is 6.92 Å². The molecule has 0 radical (unpaired) electrons. The number of hydrogen-bond acceptors (Lipinski definition) is 5. The smallest absolute Gasteiger partial charge is 0.475 e. The van der Waals surface area contributed by atoms with Gasteiger partial charge in [0.2, 0.25) is 17.7 Å². The SMILES string of the molecule is CCCC1C(=O)N(C(C)C(C(N)=O)c2ccc(Cl)cc2Cl)CCN1C(=O)C(N)Cc1ccc(F)cc1.O=C(O)C(F)(F)F. The zero-order valence-electron chi connectivity index (χ0n) is 23.3. The predicted molar refractivity (Wildman–Crippen MR) is 152 cm³/mol. The van der Waals surface area contributed by atoms with Gasteiger partial charge in [-0.2, -0.15) is 13.2 Å². The number of primary amides is 1. The Morgan fingerprint density at radius 3 is 2.16 bits per heavy atom. The molecule has 2 aromatic rings. The number of nitrogens with two attached hydrogens (primary N) is 2. The topological polar surface area (TPSA) is 147 Å². The van der Waals surface area contributed by atoms with Gasteiger partial charge in [-0.3, -0.25) is 14.4 Å². The van der Waals surface area contributed by atoms with E-state index in [-0.39, 0.29) is 42.2 Å². The van der Waals surface area contributed by atoms with E-state index in [0.717, 1.165) is 5.56 Å². The Kier molecular flexibility index (Phi) is 12.8. The number of benzene rings is 2. The minimum Gasteiger partial charge on any atom is -0.475 e. The zero-order chi connectivity index (χ0) is 32.6. The summed E-state index contributed by atoms with van der Waals surface area (Å²) in [7, 11) is 0. The Labute approximate surface area is 255 Å². The number of carboxylic acids is 1. The summed E-state index contributed by atoms with van der Waals surface area (Å²) in [6.45, 7) is 4.15. The average Bonchev–Trinajstić information content (AvgIpc) is 2.91. The minimum atomic E-state index is -5.08. The summed E-state index contributed by atoms with van der Waals surface area (Å²) in [6.07, 6.45) is -3.75. The molecule has 0 aromatic heterocycles. The van der Waals surface area contributed by atoms with Crippen molar-refractivity contribution < 1.29 is 41.8 Å².